The molecule has 2 aromatic carbocycles. The van der Waals surface area contributed by atoms with Crippen LogP contribution >= 0.6 is 11.3 Å². The highest BCUT2D eigenvalue weighted by Crippen LogP contribution is 2.27. The Morgan fingerprint density at radius 3 is 2.65 bits per heavy atom. The molecule has 1 N–H and O–H groups in total. The first kappa shape index (κ1) is 15.6. The summed E-state index contributed by atoms with van der Waals surface area (Å²) in [6, 6.07) is 11.4. The third-order valence-corrected chi connectivity index (χ3v) is 5.78. The number of hydrogen-bond donors (Lipinski definition) is 1. The van der Waals surface area contributed by atoms with Gasteiger partial charge in [-0.05, 0) is 30.3 Å². The highest BCUT2D eigenvalue weighted by atomic mass is 32.2. The lowest BCUT2D eigenvalue weighted by Gasteiger charge is -2.11. The molecule has 1 heterocycles. The zero-order valence-electron chi connectivity index (χ0n) is 12.4. The van der Waals surface area contributed by atoms with Crippen LogP contribution in [0, 0.1) is 0 Å². The van der Waals surface area contributed by atoms with E-state index >= 15 is 0 Å². The molecule has 0 spiro atoms. The van der Waals surface area contributed by atoms with Crippen LogP contribution in [-0.4, -0.2) is 20.1 Å². The van der Waals surface area contributed by atoms with Crippen molar-refractivity contribution in [2.75, 3.05) is 11.8 Å². The van der Waals surface area contributed by atoms with Crippen LogP contribution in [0.15, 0.2) is 52.2 Å². The van der Waals surface area contributed by atoms with E-state index in [9.17, 15) is 13.2 Å². The van der Waals surface area contributed by atoms with Gasteiger partial charge in [-0.1, -0.05) is 23.5 Å². The second-order valence-corrected chi connectivity index (χ2v) is 7.54. The maximum Gasteiger partial charge on any atom is 0.307 e. The molecule has 0 amide bonds. The Morgan fingerprint density at radius 2 is 1.91 bits per heavy atom. The monoisotopic (exact) mass is 350 g/mol. The van der Waals surface area contributed by atoms with E-state index in [1.165, 1.54) is 23.8 Å². The highest BCUT2D eigenvalue weighted by molar-refractivity contribution is 7.92. The maximum atomic E-state index is 12.6. The van der Waals surface area contributed by atoms with E-state index in [0.29, 0.717) is 21.7 Å². The minimum Gasteiger partial charge on any atom is -0.495 e. The van der Waals surface area contributed by atoms with Gasteiger partial charge in [-0.3, -0.25) is 9.52 Å². The average Bonchev–Trinajstić information content (AvgIpc) is 2.82. The Balaban J connectivity index is 2.04. The first-order valence-corrected chi connectivity index (χ1v) is 8.98. The molecule has 0 bridgehead atoms. The maximum absolute atomic E-state index is 12.6. The van der Waals surface area contributed by atoms with Crippen molar-refractivity contribution in [3.8, 4) is 5.75 Å². The quantitative estimate of drug-likeness (QED) is 0.784. The van der Waals surface area contributed by atoms with Crippen LogP contribution in [0.25, 0.3) is 10.2 Å². The first-order chi connectivity index (χ1) is 10.9. The number of rotatable bonds is 4. The van der Waals surface area contributed by atoms with E-state index in [2.05, 4.69) is 4.72 Å². The molecule has 6 nitrogen and oxygen atoms in total. The van der Waals surface area contributed by atoms with Crippen molar-refractivity contribution >= 4 is 37.3 Å². The van der Waals surface area contributed by atoms with Gasteiger partial charge in [0.25, 0.3) is 10.0 Å². The van der Waals surface area contributed by atoms with Crippen molar-refractivity contribution in [2.45, 2.75) is 4.90 Å². The number of aryl methyl sites for hydroxylation is 1. The molecular formula is C15H14N2O4S2. The molecule has 0 fully saturated rings. The third-order valence-electron chi connectivity index (χ3n) is 3.43. The highest BCUT2D eigenvalue weighted by Gasteiger charge is 2.18. The number of hydrogen-bond acceptors (Lipinski definition) is 5. The smallest absolute Gasteiger partial charge is 0.307 e. The van der Waals surface area contributed by atoms with Crippen LogP contribution in [0.1, 0.15) is 0 Å². The summed E-state index contributed by atoms with van der Waals surface area (Å²) in [4.78, 5) is 11.6. The largest absolute Gasteiger partial charge is 0.495 e. The van der Waals surface area contributed by atoms with E-state index in [0.717, 1.165) is 11.3 Å². The molecule has 0 aliphatic heterocycles. The van der Waals surface area contributed by atoms with Gasteiger partial charge in [0.05, 0.1) is 27.9 Å². The number of methoxy groups -OCH3 is 1. The van der Waals surface area contributed by atoms with Gasteiger partial charge < -0.3 is 9.30 Å². The summed E-state index contributed by atoms with van der Waals surface area (Å²) in [6.07, 6.45) is 0. The number of anilines is 1. The van der Waals surface area contributed by atoms with E-state index in [1.807, 2.05) is 0 Å². The fourth-order valence-corrected chi connectivity index (χ4v) is 4.30. The molecule has 3 aromatic rings. The van der Waals surface area contributed by atoms with Crippen LogP contribution in [-0.2, 0) is 17.1 Å². The SMILES string of the molecule is COc1ccccc1NS(=O)(=O)c1ccc2c(c1)sc(=O)n2C. The first-order valence-electron chi connectivity index (χ1n) is 6.68. The summed E-state index contributed by atoms with van der Waals surface area (Å²) in [5.41, 5.74) is 1.06. The van der Waals surface area contributed by atoms with E-state index in [1.54, 1.807) is 37.4 Å². The lowest BCUT2D eigenvalue weighted by atomic mass is 10.3. The number of para-hydroxylation sites is 2. The van der Waals surface area contributed by atoms with Gasteiger partial charge in [0.15, 0.2) is 0 Å². The Bertz CT molecular complexity index is 1040. The van der Waals surface area contributed by atoms with Crippen molar-refractivity contribution in [3.05, 3.63) is 52.1 Å². The van der Waals surface area contributed by atoms with Crippen molar-refractivity contribution in [1.82, 2.24) is 4.57 Å². The topological polar surface area (TPSA) is 77.4 Å². The molecule has 120 valence electrons. The van der Waals surface area contributed by atoms with Crippen molar-refractivity contribution < 1.29 is 13.2 Å². The van der Waals surface area contributed by atoms with Crippen LogP contribution in [0.4, 0.5) is 5.69 Å². The lowest BCUT2D eigenvalue weighted by molar-refractivity contribution is 0.417. The molecule has 0 aliphatic rings. The second-order valence-electron chi connectivity index (χ2n) is 4.86. The molecule has 8 heteroatoms. The van der Waals surface area contributed by atoms with Gasteiger partial charge in [0.1, 0.15) is 5.75 Å². The fourth-order valence-electron chi connectivity index (χ4n) is 2.21. The molecule has 0 atom stereocenters. The molecule has 0 radical (unpaired) electrons. The lowest BCUT2D eigenvalue weighted by Crippen LogP contribution is -2.13. The zero-order valence-corrected chi connectivity index (χ0v) is 14.1. The normalized spacial score (nSPS) is 11.6. The summed E-state index contributed by atoms with van der Waals surface area (Å²) in [7, 11) is -0.648. The summed E-state index contributed by atoms with van der Waals surface area (Å²) < 4.78 is 34.9. The van der Waals surface area contributed by atoms with Crippen molar-refractivity contribution in [1.29, 1.82) is 0 Å². The number of nitrogens with zero attached hydrogens (tertiary/aromatic N) is 1. The molecule has 0 saturated carbocycles. The fraction of sp³-hybridized carbons (Fsp3) is 0.133. The van der Waals surface area contributed by atoms with Gasteiger partial charge in [-0.15, -0.1) is 0 Å². The van der Waals surface area contributed by atoms with Crippen LogP contribution in [0.2, 0.25) is 0 Å². The Labute approximate surface area is 137 Å². The van der Waals surface area contributed by atoms with Gasteiger partial charge in [0.2, 0.25) is 0 Å². The van der Waals surface area contributed by atoms with E-state index in [-0.39, 0.29) is 9.77 Å². The molecule has 0 aliphatic carbocycles. The Kier molecular flexibility index (Phi) is 3.87. The summed E-state index contributed by atoms with van der Waals surface area (Å²) >= 11 is 1.01. The average molecular weight is 350 g/mol. The summed E-state index contributed by atoms with van der Waals surface area (Å²) in [5, 5.41) is 0. The molecule has 23 heavy (non-hydrogen) atoms. The predicted octanol–water partition coefficient (Wildman–Crippen LogP) is 2.41. The van der Waals surface area contributed by atoms with Gasteiger partial charge >= 0.3 is 4.87 Å². The number of benzene rings is 2. The van der Waals surface area contributed by atoms with Gasteiger partial charge in [-0.25, -0.2) is 8.42 Å². The molecule has 1 aromatic heterocycles. The van der Waals surface area contributed by atoms with Crippen LogP contribution in [0.5, 0.6) is 5.75 Å². The minimum absolute atomic E-state index is 0.0951. The Hall–Kier alpha value is -2.32. The zero-order chi connectivity index (χ0) is 16.6. The van der Waals surface area contributed by atoms with Crippen molar-refractivity contribution in [3.63, 3.8) is 0 Å². The van der Waals surface area contributed by atoms with Gasteiger partial charge in [-0.2, -0.15) is 0 Å². The van der Waals surface area contributed by atoms with Crippen LogP contribution < -0.4 is 14.3 Å². The molecule has 0 saturated heterocycles. The number of ether oxygens (including phenoxy) is 1. The molecule has 3 rings (SSSR count). The molecular weight excluding hydrogens is 336 g/mol. The van der Waals surface area contributed by atoms with E-state index in [4.69, 9.17) is 4.74 Å². The minimum atomic E-state index is -3.78. The molecule has 0 unspecified atom stereocenters. The number of nitrogens with one attached hydrogen (secondary N) is 1. The Morgan fingerprint density at radius 1 is 1.17 bits per heavy atom. The summed E-state index contributed by atoms with van der Waals surface area (Å²) in [5.74, 6) is 0.432. The van der Waals surface area contributed by atoms with Crippen molar-refractivity contribution in [2.24, 2.45) is 7.05 Å². The number of aromatic nitrogens is 1. The summed E-state index contributed by atoms with van der Waals surface area (Å²) in [6.45, 7) is 0. The van der Waals surface area contributed by atoms with E-state index < -0.39 is 10.0 Å². The number of sulfonamides is 1. The van der Waals surface area contributed by atoms with Gasteiger partial charge in [0, 0.05) is 7.05 Å². The van der Waals surface area contributed by atoms with Crippen LogP contribution in [0.3, 0.4) is 0 Å². The number of thiazole rings is 1. The predicted molar refractivity (Wildman–Crippen MR) is 90.9 cm³/mol. The second kappa shape index (κ2) is 5.71. The number of fused-ring (bicyclic) bond motifs is 1. The third kappa shape index (κ3) is 2.82. The standard InChI is InChI=1S/C15H14N2O4S2/c1-17-12-8-7-10(9-14(12)22-15(17)18)23(19,20)16-11-5-3-4-6-13(11)21-2/h3-9,16H,1-2H3.